The van der Waals surface area contributed by atoms with Gasteiger partial charge in [0, 0.05) is 27.7 Å². The van der Waals surface area contributed by atoms with Crippen molar-refractivity contribution in [3.05, 3.63) is 0 Å². The molecule has 0 spiro atoms. The molecule has 0 bridgehead atoms. The minimum absolute atomic E-state index is 0.0438. The second-order valence-electron chi connectivity index (χ2n) is 4.43. The van der Waals surface area contributed by atoms with E-state index < -0.39 is 6.04 Å². The first-order valence-corrected chi connectivity index (χ1v) is 7.55. The molecule has 0 saturated carbocycles. The fourth-order valence-electron chi connectivity index (χ4n) is 1.38. The lowest BCUT2D eigenvalue weighted by molar-refractivity contribution is -0.140. The first-order chi connectivity index (χ1) is 8.93. The molecule has 19 heavy (non-hydrogen) atoms. The Labute approximate surface area is 119 Å². The van der Waals surface area contributed by atoms with Crippen molar-refractivity contribution in [1.82, 2.24) is 9.80 Å². The van der Waals surface area contributed by atoms with Crippen LogP contribution in [0.3, 0.4) is 0 Å². The number of nitrogens with zero attached hydrogens (tertiary/aromatic N) is 2. The van der Waals surface area contributed by atoms with Crippen LogP contribution in [-0.2, 0) is 14.3 Å². The molecule has 6 nitrogen and oxygen atoms in total. The molecule has 0 aliphatic rings. The van der Waals surface area contributed by atoms with Gasteiger partial charge in [-0.2, -0.15) is 11.8 Å². The molecule has 0 fully saturated rings. The average Bonchev–Trinajstić information content (AvgIpc) is 2.39. The summed E-state index contributed by atoms with van der Waals surface area (Å²) in [5.74, 6) is 0.509. The van der Waals surface area contributed by atoms with E-state index in [0.717, 1.165) is 5.75 Å². The van der Waals surface area contributed by atoms with E-state index in [-0.39, 0.29) is 18.4 Å². The van der Waals surface area contributed by atoms with E-state index in [0.29, 0.717) is 19.6 Å². The molecule has 0 rings (SSSR count). The molecule has 0 saturated heterocycles. The maximum Gasteiger partial charge on any atom is 0.241 e. The Bertz CT molecular complexity index is 287. The number of hydrogen-bond donors (Lipinski definition) is 1. The normalized spacial score (nSPS) is 12.1. The number of hydrogen-bond acceptors (Lipinski definition) is 5. The first kappa shape index (κ1) is 18.2. The standard InChI is InChI=1S/C12H25N3O3S/c1-14(2)11(16)9-15(6-7-18-3)12(17)10(13)5-8-19-4/h10H,5-9,13H2,1-4H3/t10-/m1/s1. The highest BCUT2D eigenvalue weighted by Gasteiger charge is 2.23. The molecule has 0 aromatic heterocycles. The van der Waals surface area contributed by atoms with Gasteiger partial charge in [0.1, 0.15) is 0 Å². The van der Waals surface area contributed by atoms with E-state index in [1.54, 1.807) is 33.0 Å². The van der Waals surface area contributed by atoms with Crippen LogP contribution in [0.25, 0.3) is 0 Å². The van der Waals surface area contributed by atoms with Crippen LogP contribution in [0.1, 0.15) is 6.42 Å². The highest BCUT2D eigenvalue weighted by Crippen LogP contribution is 2.03. The van der Waals surface area contributed by atoms with Crippen molar-refractivity contribution in [1.29, 1.82) is 0 Å². The van der Waals surface area contributed by atoms with Gasteiger partial charge in [0.25, 0.3) is 0 Å². The van der Waals surface area contributed by atoms with E-state index >= 15 is 0 Å². The fourth-order valence-corrected chi connectivity index (χ4v) is 1.87. The topological polar surface area (TPSA) is 75.9 Å². The van der Waals surface area contributed by atoms with Gasteiger partial charge in [0.05, 0.1) is 19.2 Å². The highest BCUT2D eigenvalue weighted by molar-refractivity contribution is 7.98. The maximum atomic E-state index is 12.2. The summed E-state index contributed by atoms with van der Waals surface area (Å²) in [6, 6.07) is -0.556. The number of carbonyl (C=O) groups excluding carboxylic acids is 2. The van der Waals surface area contributed by atoms with E-state index in [4.69, 9.17) is 10.5 Å². The summed E-state index contributed by atoms with van der Waals surface area (Å²) in [6.45, 7) is 0.811. The summed E-state index contributed by atoms with van der Waals surface area (Å²) >= 11 is 1.65. The van der Waals surface area contributed by atoms with Crippen LogP contribution in [0, 0.1) is 0 Å². The zero-order chi connectivity index (χ0) is 14.8. The van der Waals surface area contributed by atoms with E-state index in [1.165, 1.54) is 9.80 Å². The molecule has 0 aliphatic carbocycles. The molecule has 0 aliphatic heterocycles. The molecule has 0 aromatic rings. The van der Waals surface area contributed by atoms with E-state index in [9.17, 15) is 9.59 Å². The smallest absolute Gasteiger partial charge is 0.241 e. The fraction of sp³-hybridized carbons (Fsp3) is 0.833. The zero-order valence-corrected chi connectivity index (χ0v) is 13.0. The summed E-state index contributed by atoms with van der Waals surface area (Å²) in [5.41, 5.74) is 5.86. The van der Waals surface area contributed by atoms with Crippen molar-refractivity contribution in [3.63, 3.8) is 0 Å². The maximum absolute atomic E-state index is 12.2. The van der Waals surface area contributed by atoms with Gasteiger partial charge in [-0.05, 0) is 18.4 Å². The summed E-state index contributed by atoms with van der Waals surface area (Å²) < 4.78 is 4.96. The Morgan fingerprint density at radius 3 is 2.47 bits per heavy atom. The van der Waals surface area contributed by atoms with Crippen LogP contribution in [0.5, 0.6) is 0 Å². The number of likely N-dealkylation sites (N-methyl/N-ethyl adjacent to an activating group) is 1. The molecule has 0 radical (unpaired) electrons. The molecular weight excluding hydrogens is 266 g/mol. The number of nitrogens with two attached hydrogens (primary N) is 1. The molecule has 2 N–H and O–H groups in total. The van der Waals surface area contributed by atoms with Crippen molar-refractivity contribution >= 4 is 23.6 Å². The molecular formula is C12H25N3O3S. The minimum Gasteiger partial charge on any atom is -0.383 e. The second-order valence-corrected chi connectivity index (χ2v) is 5.41. The SMILES string of the molecule is COCCN(CC(=O)N(C)C)C(=O)[C@H](N)CCSC. The van der Waals surface area contributed by atoms with Gasteiger partial charge >= 0.3 is 0 Å². The van der Waals surface area contributed by atoms with Crippen molar-refractivity contribution in [2.24, 2.45) is 5.73 Å². The molecule has 7 heteroatoms. The van der Waals surface area contributed by atoms with Gasteiger partial charge in [-0.3, -0.25) is 9.59 Å². The Kier molecular flexibility index (Phi) is 9.63. The van der Waals surface area contributed by atoms with E-state index in [2.05, 4.69) is 0 Å². The molecule has 1 atom stereocenters. The van der Waals surface area contributed by atoms with Crippen molar-refractivity contribution in [2.45, 2.75) is 12.5 Å². The van der Waals surface area contributed by atoms with Gasteiger partial charge < -0.3 is 20.3 Å². The second kappa shape index (κ2) is 10.1. The highest BCUT2D eigenvalue weighted by atomic mass is 32.2. The quantitative estimate of drug-likeness (QED) is 0.627. The number of carbonyl (C=O) groups is 2. The monoisotopic (exact) mass is 291 g/mol. The van der Waals surface area contributed by atoms with Crippen LogP contribution in [0.15, 0.2) is 0 Å². The Balaban J connectivity index is 4.54. The molecule has 0 heterocycles. The Morgan fingerprint density at radius 2 is 2.00 bits per heavy atom. The summed E-state index contributed by atoms with van der Waals surface area (Å²) in [6.07, 6.45) is 2.58. The summed E-state index contributed by atoms with van der Waals surface area (Å²) in [5, 5.41) is 0. The lowest BCUT2D eigenvalue weighted by atomic mass is 10.2. The third-order valence-corrected chi connectivity index (χ3v) is 3.30. The summed E-state index contributed by atoms with van der Waals surface area (Å²) in [7, 11) is 4.88. The predicted molar refractivity (Wildman–Crippen MR) is 78.1 cm³/mol. The van der Waals surface area contributed by atoms with Gasteiger partial charge in [-0.25, -0.2) is 0 Å². The zero-order valence-electron chi connectivity index (χ0n) is 12.2. The number of thioether (sulfide) groups is 1. The van der Waals surface area contributed by atoms with Crippen LogP contribution >= 0.6 is 11.8 Å². The van der Waals surface area contributed by atoms with Gasteiger partial charge in [-0.1, -0.05) is 0 Å². The molecule has 112 valence electrons. The van der Waals surface area contributed by atoms with Crippen LogP contribution in [0.4, 0.5) is 0 Å². The Hall–Kier alpha value is -0.790. The summed E-state index contributed by atoms with van der Waals surface area (Å²) in [4.78, 5) is 26.8. The number of amides is 2. The minimum atomic E-state index is -0.556. The van der Waals surface area contributed by atoms with E-state index in [1.807, 2.05) is 6.26 Å². The molecule has 0 unspecified atom stereocenters. The number of ether oxygens (including phenoxy) is 1. The van der Waals surface area contributed by atoms with Crippen molar-refractivity contribution < 1.29 is 14.3 Å². The van der Waals surface area contributed by atoms with Crippen molar-refractivity contribution in [3.8, 4) is 0 Å². The van der Waals surface area contributed by atoms with Gasteiger partial charge in [0.2, 0.25) is 11.8 Å². The lowest BCUT2D eigenvalue weighted by Crippen LogP contribution is -2.49. The predicted octanol–water partition coefficient (Wildman–Crippen LogP) is -0.370. The third-order valence-electron chi connectivity index (χ3n) is 2.65. The molecule has 0 aromatic carbocycles. The molecule has 2 amide bonds. The average molecular weight is 291 g/mol. The lowest BCUT2D eigenvalue weighted by Gasteiger charge is -2.26. The Morgan fingerprint density at radius 1 is 1.37 bits per heavy atom. The first-order valence-electron chi connectivity index (χ1n) is 6.16. The van der Waals surface area contributed by atoms with Crippen LogP contribution < -0.4 is 5.73 Å². The third kappa shape index (κ3) is 7.39. The van der Waals surface area contributed by atoms with Crippen LogP contribution in [-0.4, -0.2) is 80.6 Å². The van der Waals surface area contributed by atoms with Crippen molar-refractivity contribution in [2.75, 3.05) is 52.9 Å². The van der Waals surface area contributed by atoms with Gasteiger partial charge in [0.15, 0.2) is 0 Å². The number of methoxy groups -OCH3 is 1. The van der Waals surface area contributed by atoms with Gasteiger partial charge in [-0.15, -0.1) is 0 Å². The number of rotatable bonds is 9. The van der Waals surface area contributed by atoms with Crippen LogP contribution in [0.2, 0.25) is 0 Å². The largest absolute Gasteiger partial charge is 0.383 e.